The van der Waals surface area contributed by atoms with E-state index < -0.39 is 0 Å². The van der Waals surface area contributed by atoms with Crippen LogP contribution in [0.2, 0.25) is 0 Å². The number of hydrogen-bond acceptors (Lipinski definition) is 3. The van der Waals surface area contributed by atoms with Crippen molar-refractivity contribution < 1.29 is 0 Å². The number of para-hydroxylation sites is 1. The fourth-order valence-electron chi connectivity index (χ4n) is 2.36. The summed E-state index contributed by atoms with van der Waals surface area (Å²) >= 11 is 1.84. The Hall–Kier alpha value is -1.02. The summed E-state index contributed by atoms with van der Waals surface area (Å²) in [5.74, 6) is 0.882. The fourth-order valence-corrected chi connectivity index (χ4v) is 2.55. The van der Waals surface area contributed by atoms with Gasteiger partial charge in [-0.1, -0.05) is 24.3 Å². The topological polar surface area (TPSA) is 49.3 Å². The van der Waals surface area contributed by atoms with Crippen molar-refractivity contribution in [1.29, 1.82) is 0 Å². The third-order valence-electron chi connectivity index (χ3n) is 3.92. The van der Waals surface area contributed by atoms with Crippen LogP contribution in [0.15, 0.2) is 41.5 Å². The number of fused-ring (bicyclic) bond motifs is 1. The number of rotatable bonds is 7. The van der Waals surface area contributed by atoms with Crippen LogP contribution in [0.1, 0.15) is 26.3 Å². The van der Waals surface area contributed by atoms with E-state index >= 15 is 0 Å². The van der Waals surface area contributed by atoms with Crippen molar-refractivity contribution in [3.63, 3.8) is 0 Å². The molecule has 2 aromatic rings. The van der Waals surface area contributed by atoms with Gasteiger partial charge < -0.3 is 10.6 Å². The van der Waals surface area contributed by atoms with Crippen LogP contribution in [-0.4, -0.2) is 41.6 Å². The Morgan fingerprint density at radius 3 is 2.68 bits per heavy atom. The number of nitrogens with zero attached hydrogens (tertiary/aromatic N) is 2. The molecule has 0 saturated heterocycles. The molecule has 0 atom stereocenters. The van der Waals surface area contributed by atoms with Gasteiger partial charge >= 0.3 is 0 Å². The maximum atomic E-state index is 4.71. The molecule has 138 valence electrons. The summed E-state index contributed by atoms with van der Waals surface area (Å²) in [5.41, 5.74) is 2.35. The normalized spacial score (nSPS) is 11.9. The lowest BCUT2D eigenvalue weighted by atomic mass is 10.1. The largest absolute Gasteiger partial charge is 0.357 e. The smallest absolute Gasteiger partial charge is 0.191 e. The van der Waals surface area contributed by atoms with Crippen LogP contribution < -0.4 is 10.6 Å². The minimum absolute atomic E-state index is 0. The van der Waals surface area contributed by atoms with Gasteiger partial charge in [0.1, 0.15) is 0 Å². The molecule has 0 bridgehead atoms. The Kier molecular flexibility index (Phi) is 9.56. The quantitative estimate of drug-likeness (QED) is 0.362. The Balaban J connectivity index is 0.00000312. The lowest BCUT2D eigenvalue weighted by Gasteiger charge is -2.20. The third kappa shape index (κ3) is 7.01. The van der Waals surface area contributed by atoms with E-state index in [0.717, 1.165) is 37.5 Å². The van der Waals surface area contributed by atoms with Gasteiger partial charge in [0, 0.05) is 29.4 Å². The SMILES string of the molecule is CCNC(=NCC(C)(C)SC)NCCc1cccc2cccnc12.I. The van der Waals surface area contributed by atoms with E-state index in [1.807, 2.05) is 24.0 Å². The first-order valence-electron chi connectivity index (χ1n) is 8.45. The fraction of sp³-hybridized carbons (Fsp3) is 0.474. The molecule has 1 aromatic heterocycles. The molecular weight excluding hydrogens is 443 g/mol. The van der Waals surface area contributed by atoms with Crippen LogP contribution in [0.3, 0.4) is 0 Å². The molecule has 0 fully saturated rings. The molecule has 0 aliphatic carbocycles. The van der Waals surface area contributed by atoms with Crippen molar-refractivity contribution in [2.24, 2.45) is 4.99 Å². The van der Waals surface area contributed by atoms with Gasteiger partial charge in [-0.3, -0.25) is 9.98 Å². The van der Waals surface area contributed by atoms with E-state index in [4.69, 9.17) is 4.99 Å². The zero-order valence-corrected chi connectivity index (χ0v) is 18.7. The molecule has 4 nitrogen and oxygen atoms in total. The standard InChI is InChI=1S/C19H28N4S.HI/c1-5-20-18(23-14-19(2,3)24-4)22-13-11-16-9-6-8-15-10-7-12-21-17(15)16;/h6-10,12H,5,11,13-14H2,1-4H3,(H2,20,22,23);1H. The number of halogens is 1. The predicted molar refractivity (Wildman–Crippen MR) is 122 cm³/mol. The number of aliphatic imine (C=N–C) groups is 1. The molecular formula is C19H29IN4S. The summed E-state index contributed by atoms with van der Waals surface area (Å²) in [5, 5.41) is 7.94. The molecule has 1 heterocycles. The summed E-state index contributed by atoms with van der Waals surface area (Å²) in [6.45, 7) is 9.01. The van der Waals surface area contributed by atoms with Crippen LogP contribution in [-0.2, 0) is 6.42 Å². The molecule has 6 heteroatoms. The highest BCUT2D eigenvalue weighted by atomic mass is 127. The van der Waals surface area contributed by atoms with Crippen LogP contribution in [0.25, 0.3) is 10.9 Å². The van der Waals surface area contributed by atoms with E-state index in [1.54, 1.807) is 0 Å². The molecule has 0 aliphatic rings. The van der Waals surface area contributed by atoms with Crippen molar-refractivity contribution >= 4 is 52.6 Å². The molecule has 1 aromatic carbocycles. The first-order valence-corrected chi connectivity index (χ1v) is 9.68. The molecule has 0 saturated carbocycles. The molecule has 2 rings (SSSR count). The second-order valence-electron chi connectivity index (χ2n) is 6.33. The molecule has 0 spiro atoms. The monoisotopic (exact) mass is 472 g/mol. The van der Waals surface area contributed by atoms with Crippen molar-refractivity contribution in [1.82, 2.24) is 15.6 Å². The summed E-state index contributed by atoms with van der Waals surface area (Å²) in [6, 6.07) is 10.4. The number of aromatic nitrogens is 1. The summed E-state index contributed by atoms with van der Waals surface area (Å²) in [6.07, 6.45) is 4.91. The van der Waals surface area contributed by atoms with Crippen molar-refractivity contribution in [3.05, 3.63) is 42.1 Å². The number of guanidine groups is 1. The molecule has 0 aliphatic heterocycles. The van der Waals surface area contributed by atoms with Crippen LogP contribution in [0.5, 0.6) is 0 Å². The highest BCUT2D eigenvalue weighted by Crippen LogP contribution is 2.21. The van der Waals surface area contributed by atoms with Gasteiger partial charge in [0.05, 0.1) is 12.1 Å². The number of nitrogens with one attached hydrogen (secondary N) is 2. The molecule has 25 heavy (non-hydrogen) atoms. The van der Waals surface area contributed by atoms with Gasteiger partial charge in [0.2, 0.25) is 0 Å². The van der Waals surface area contributed by atoms with Gasteiger partial charge in [-0.15, -0.1) is 24.0 Å². The van der Waals surface area contributed by atoms with Crippen LogP contribution in [0.4, 0.5) is 0 Å². The van der Waals surface area contributed by atoms with Gasteiger partial charge in [-0.2, -0.15) is 11.8 Å². The van der Waals surface area contributed by atoms with E-state index in [9.17, 15) is 0 Å². The lowest BCUT2D eigenvalue weighted by Crippen LogP contribution is -2.39. The van der Waals surface area contributed by atoms with Crippen molar-refractivity contribution in [2.45, 2.75) is 31.9 Å². The summed E-state index contributed by atoms with van der Waals surface area (Å²) in [4.78, 5) is 9.23. The Morgan fingerprint density at radius 1 is 1.20 bits per heavy atom. The van der Waals surface area contributed by atoms with Gasteiger partial charge in [0.25, 0.3) is 0 Å². The molecule has 0 amide bonds. The van der Waals surface area contributed by atoms with Crippen LogP contribution >= 0.6 is 35.7 Å². The third-order valence-corrected chi connectivity index (χ3v) is 5.15. The zero-order chi connectivity index (χ0) is 17.4. The first kappa shape index (κ1) is 22.0. The molecule has 2 N–H and O–H groups in total. The van der Waals surface area contributed by atoms with E-state index in [2.05, 4.69) is 66.9 Å². The number of benzene rings is 1. The highest BCUT2D eigenvalue weighted by Gasteiger charge is 2.15. The van der Waals surface area contributed by atoms with Crippen molar-refractivity contribution in [3.8, 4) is 0 Å². The Labute approximate surface area is 172 Å². The maximum Gasteiger partial charge on any atom is 0.191 e. The average molecular weight is 472 g/mol. The summed E-state index contributed by atoms with van der Waals surface area (Å²) < 4.78 is 0.155. The van der Waals surface area contributed by atoms with Gasteiger partial charge in [-0.05, 0) is 45.1 Å². The Bertz CT molecular complexity index is 683. The minimum atomic E-state index is 0. The van der Waals surface area contributed by atoms with Gasteiger partial charge in [0.15, 0.2) is 5.96 Å². The number of pyridine rings is 1. The van der Waals surface area contributed by atoms with E-state index in [-0.39, 0.29) is 28.7 Å². The van der Waals surface area contributed by atoms with Gasteiger partial charge in [-0.25, -0.2) is 0 Å². The van der Waals surface area contributed by atoms with E-state index in [0.29, 0.717) is 0 Å². The average Bonchev–Trinajstić information content (AvgIpc) is 2.60. The first-order chi connectivity index (χ1) is 11.6. The van der Waals surface area contributed by atoms with Crippen molar-refractivity contribution in [2.75, 3.05) is 25.9 Å². The van der Waals surface area contributed by atoms with Crippen LogP contribution in [0, 0.1) is 0 Å². The second kappa shape index (κ2) is 10.9. The maximum absolute atomic E-state index is 4.71. The second-order valence-corrected chi connectivity index (χ2v) is 7.84. The number of hydrogen-bond donors (Lipinski definition) is 2. The zero-order valence-electron chi connectivity index (χ0n) is 15.5. The Morgan fingerprint density at radius 2 is 1.96 bits per heavy atom. The molecule has 0 radical (unpaired) electrons. The molecule has 0 unspecified atom stereocenters. The lowest BCUT2D eigenvalue weighted by molar-refractivity contribution is 0.710. The van der Waals surface area contributed by atoms with E-state index in [1.165, 1.54) is 10.9 Å². The highest BCUT2D eigenvalue weighted by molar-refractivity contribution is 14.0. The minimum Gasteiger partial charge on any atom is -0.357 e. The number of thioether (sulfide) groups is 1. The predicted octanol–water partition coefficient (Wildman–Crippen LogP) is 4.09. The summed E-state index contributed by atoms with van der Waals surface area (Å²) in [7, 11) is 0.